The van der Waals surface area contributed by atoms with E-state index in [0.717, 1.165) is 0 Å². The van der Waals surface area contributed by atoms with E-state index in [-0.39, 0.29) is 28.7 Å². The van der Waals surface area contributed by atoms with Crippen LogP contribution in [0, 0.1) is 0 Å². The molecule has 172 valence electrons. The molecule has 3 rings (SSSR count). The lowest BCUT2D eigenvalue weighted by atomic mass is 10.3. The number of nitrogens with zero attached hydrogens (tertiary/aromatic N) is 3. The number of hydrogen-bond acceptors (Lipinski definition) is 7. The van der Waals surface area contributed by atoms with Gasteiger partial charge in [-0.15, -0.1) is 0 Å². The van der Waals surface area contributed by atoms with E-state index in [1.807, 2.05) is 0 Å². The Balaban J connectivity index is 0.000000257. The summed E-state index contributed by atoms with van der Waals surface area (Å²) in [5, 5.41) is 4.79. The zero-order valence-corrected chi connectivity index (χ0v) is 16.5. The van der Waals surface area contributed by atoms with Crippen LogP contribution in [0.2, 0.25) is 0 Å². The van der Waals surface area contributed by atoms with E-state index in [0.29, 0.717) is 0 Å². The average molecular weight is 465 g/mol. The summed E-state index contributed by atoms with van der Waals surface area (Å²) < 4.78 is 56.4. The van der Waals surface area contributed by atoms with Crippen molar-refractivity contribution in [2.75, 3.05) is 10.6 Å². The van der Waals surface area contributed by atoms with Crippen LogP contribution in [0.3, 0.4) is 0 Å². The molecular weight excluding hydrogens is 450 g/mol. The van der Waals surface area contributed by atoms with Crippen LogP contribution in [0.5, 0.6) is 11.5 Å². The maximum Gasteiger partial charge on any atom is 0.387 e. The highest BCUT2D eigenvalue weighted by atomic mass is 19.3. The number of aromatic nitrogens is 2. The van der Waals surface area contributed by atoms with Gasteiger partial charge in [-0.1, -0.05) is 24.3 Å². The molecule has 13 heteroatoms. The summed E-state index contributed by atoms with van der Waals surface area (Å²) in [4.78, 5) is 32.4. The van der Waals surface area contributed by atoms with Crippen LogP contribution in [0.4, 0.5) is 39.5 Å². The van der Waals surface area contributed by atoms with Crippen molar-refractivity contribution in [2.24, 2.45) is 4.99 Å². The van der Waals surface area contributed by atoms with Gasteiger partial charge in [0.05, 0.1) is 11.9 Å². The highest BCUT2D eigenvalue weighted by molar-refractivity contribution is 6.00. The number of hydrogen-bond donors (Lipinski definition) is 2. The Labute approximate surface area is 184 Å². The van der Waals surface area contributed by atoms with Gasteiger partial charge >= 0.3 is 19.3 Å². The molecule has 33 heavy (non-hydrogen) atoms. The number of rotatable bonds is 7. The summed E-state index contributed by atoms with van der Waals surface area (Å²) in [7, 11) is 0. The van der Waals surface area contributed by atoms with Crippen molar-refractivity contribution in [1.82, 2.24) is 9.97 Å². The maximum atomic E-state index is 12.2. The lowest BCUT2D eigenvalue weighted by Gasteiger charge is -2.11. The standard InChI is InChI=1S/C12H10F2N4O2.C8H5F2NO2/c13-11(14)20-9-4-2-1-3-8(9)17-12(19)18-10-7-15-5-6-16-10;9-8(10)13-7-4-2-1-3-6(7)11-5-12/h1-7,11H,(H2,16,17,18,19);1-4,8H. The van der Waals surface area contributed by atoms with E-state index in [1.165, 1.54) is 61.1 Å². The lowest BCUT2D eigenvalue weighted by molar-refractivity contribution is -0.0500. The number of halogens is 4. The van der Waals surface area contributed by atoms with Gasteiger partial charge in [0.15, 0.2) is 11.6 Å². The number of nitrogens with one attached hydrogen (secondary N) is 2. The lowest BCUT2D eigenvalue weighted by Crippen LogP contribution is -2.20. The number of carbonyl (C=O) groups excluding carboxylic acids is 2. The van der Waals surface area contributed by atoms with Gasteiger partial charge in [-0.3, -0.25) is 10.3 Å². The van der Waals surface area contributed by atoms with E-state index >= 15 is 0 Å². The molecule has 1 aromatic heterocycles. The monoisotopic (exact) mass is 465 g/mol. The van der Waals surface area contributed by atoms with Gasteiger partial charge in [0.1, 0.15) is 11.4 Å². The minimum absolute atomic E-state index is 0.0396. The molecule has 2 N–H and O–H groups in total. The van der Waals surface area contributed by atoms with Crippen molar-refractivity contribution in [1.29, 1.82) is 0 Å². The largest absolute Gasteiger partial charge is 0.433 e. The molecule has 1 heterocycles. The number of benzene rings is 2. The van der Waals surface area contributed by atoms with E-state index in [9.17, 15) is 27.2 Å². The first kappa shape index (κ1) is 24.8. The number of isocyanates is 1. The molecule has 0 aliphatic heterocycles. The van der Waals surface area contributed by atoms with E-state index in [2.05, 4.69) is 35.1 Å². The number of anilines is 2. The Morgan fingerprint density at radius 3 is 2.18 bits per heavy atom. The third-order valence-electron chi connectivity index (χ3n) is 3.40. The zero-order valence-electron chi connectivity index (χ0n) is 16.5. The van der Waals surface area contributed by atoms with Gasteiger partial charge in [-0.2, -0.15) is 22.6 Å². The molecule has 0 spiro atoms. The van der Waals surface area contributed by atoms with Gasteiger partial charge in [-0.05, 0) is 24.3 Å². The highest BCUT2D eigenvalue weighted by Crippen LogP contribution is 2.27. The van der Waals surface area contributed by atoms with Crippen molar-refractivity contribution in [3.63, 3.8) is 0 Å². The van der Waals surface area contributed by atoms with Crippen molar-refractivity contribution in [3.05, 3.63) is 67.1 Å². The normalized spacial score (nSPS) is 9.88. The van der Waals surface area contributed by atoms with Crippen LogP contribution >= 0.6 is 0 Å². The molecule has 2 amide bonds. The van der Waals surface area contributed by atoms with Crippen LogP contribution in [-0.2, 0) is 4.79 Å². The second-order valence-electron chi connectivity index (χ2n) is 5.59. The Morgan fingerprint density at radius 2 is 1.55 bits per heavy atom. The Bertz CT molecular complexity index is 1080. The first-order valence-electron chi connectivity index (χ1n) is 8.88. The molecule has 0 saturated carbocycles. The summed E-state index contributed by atoms with van der Waals surface area (Å²) in [6, 6.07) is 10.9. The molecule has 0 aliphatic rings. The SMILES string of the molecule is O=C(Nc1cnccn1)Nc1ccccc1OC(F)F.O=C=Nc1ccccc1OC(F)F. The predicted molar refractivity (Wildman–Crippen MR) is 109 cm³/mol. The highest BCUT2D eigenvalue weighted by Gasteiger charge is 2.12. The summed E-state index contributed by atoms with van der Waals surface area (Å²) in [5.41, 5.74) is 0.159. The minimum Gasteiger partial charge on any atom is -0.433 e. The fraction of sp³-hybridized carbons (Fsp3) is 0.100. The van der Waals surface area contributed by atoms with Crippen LogP contribution < -0.4 is 20.1 Å². The van der Waals surface area contributed by atoms with Gasteiger partial charge in [-0.25, -0.2) is 14.6 Å². The van der Waals surface area contributed by atoms with Crippen LogP contribution in [0.15, 0.2) is 72.1 Å². The van der Waals surface area contributed by atoms with E-state index in [4.69, 9.17) is 0 Å². The molecule has 9 nitrogen and oxygen atoms in total. The molecule has 0 atom stereocenters. The number of aliphatic imine (C=N–C) groups is 1. The molecule has 0 unspecified atom stereocenters. The Morgan fingerprint density at radius 1 is 0.909 bits per heavy atom. The topological polar surface area (TPSA) is 115 Å². The molecular formula is C20H15F4N5O4. The van der Waals surface area contributed by atoms with Crippen molar-refractivity contribution in [3.8, 4) is 11.5 Å². The smallest absolute Gasteiger partial charge is 0.387 e. The van der Waals surface area contributed by atoms with Crippen LogP contribution in [-0.4, -0.2) is 35.3 Å². The fourth-order valence-electron chi connectivity index (χ4n) is 2.20. The van der Waals surface area contributed by atoms with E-state index < -0.39 is 19.3 Å². The number of urea groups is 1. The summed E-state index contributed by atoms with van der Waals surface area (Å²) in [6.45, 7) is -5.90. The fourth-order valence-corrected chi connectivity index (χ4v) is 2.20. The van der Waals surface area contributed by atoms with Crippen LogP contribution in [0.25, 0.3) is 0 Å². The molecule has 2 aromatic carbocycles. The zero-order chi connectivity index (χ0) is 24.1. The number of ether oxygens (including phenoxy) is 2. The van der Waals surface area contributed by atoms with Crippen molar-refractivity contribution < 1.29 is 36.6 Å². The quantitative estimate of drug-likeness (QED) is 0.289. The summed E-state index contributed by atoms with van der Waals surface area (Å²) in [6.07, 6.45) is 5.46. The van der Waals surface area contributed by atoms with Crippen LogP contribution in [0.1, 0.15) is 0 Å². The second-order valence-corrected chi connectivity index (χ2v) is 5.59. The molecule has 0 fully saturated rings. The van der Waals surface area contributed by atoms with Gasteiger partial charge < -0.3 is 14.8 Å². The van der Waals surface area contributed by atoms with Gasteiger partial charge in [0.25, 0.3) is 0 Å². The summed E-state index contributed by atoms with van der Waals surface area (Å²) in [5.74, 6) is -0.0325. The van der Waals surface area contributed by atoms with Crippen molar-refractivity contribution in [2.45, 2.75) is 13.2 Å². The second kappa shape index (κ2) is 13.0. The Kier molecular flexibility index (Phi) is 9.77. The number of carbonyl (C=O) groups is 1. The molecule has 3 aromatic rings. The molecule has 0 aliphatic carbocycles. The predicted octanol–water partition coefficient (Wildman–Crippen LogP) is 4.98. The van der Waals surface area contributed by atoms with E-state index in [1.54, 1.807) is 12.1 Å². The van der Waals surface area contributed by atoms with Crippen molar-refractivity contribution >= 4 is 29.3 Å². The third kappa shape index (κ3) is 9.02. The number of alkyl halides is 4. The summed E-state index contributed by atoms with van der Waals surface area (Å²) >= 11 is 0. The average Bonchev–Trinajstić information content (AvgIpc) is 2.77. The first-order valence-corrected chi connectivity index (χ1v) is 8.88. The first-order chi connectivity index (χ1) is 15.9. The van der Waals surface area contributed by atoms with Gasteiger partial charge in [0, 0.05) is 12.4 Å². The molecule has 0 bridgehead atoms. The third-order valence-corrected chi connectivity index (χ3v) is 3.40. The Hall–Kier alpha value is -4.51. The maximum absolute atomic E-state index is 12.2. The molecule has 0 radical (unpaired) electrons. The number of para-hydroxylation sites is 4. The minimum atomic E-state index is -2.97. The molecule has 0 saturated heterocycles. The van der Waals surface area contributed by atoms with Gasteiger partial charge in [0.2, 0.25) is 6.08 Å². The number of amides is 2.